The number of benzene rings is 2. The van der Waals surface area contributed by atoms with Crippen molar-refractivity contribution < 1.29 is 0 Å². The molecule has 1 aromatic heterocycles. The number of thiazole rings is 1. The smallest absolute Gasteiger partial charge is 0.116 e. The molecule has 0 fully saturated rings. The average molecular weight is 423 g/mol. The van der Waals surface area contributed by atoms with Gasteiger partial charge in [-0.3, -0.25) is 0 Å². The van der Waals surface area contributed by atoms with E-state index in [1.807, 2.05) is 6.07 Å². The molecule has 0 spiro atoms. The standard InChI is InChI=1S/C21H24N2S.C6H14/c1-5-22-18(20-23-17-11-6-7-12-19(17)24-20)14-15-9-8-10-16(13-15)21(2,3)4;1-5-6(2,3)4/h5-13,18,22H,1,14H2,2-4H3;5H2,1-4H3. The number of nitrogens with one attached hydrogen (secondary N) is 1. The Hall–Kier alpha value is -2.13. The SMILES string of the molecule is C=CNC(Cc1cccc(C(C)(C)C)c1)c1nc2ccccc2s1.CCC(C)(C)C. The van der Waals surface area contributed by atoms with Crippen molar-refractivity contribution in [3.63, 3.8) is 0 Å². The number of aromatic nitrogens is 1. The van der Waals surface area contributed by atoms with Crippen molar-refractivity contribution in [3.8, 4) is 0 Å². The number of hydrogen-bond donors (Lipinski definition) is 1. The molecule has 0 saturated carbocycles. The van der Waals surface area contributed by atoms with E-state index in [1.165, 1.54) is 22.2 Å². The molecule has 0 saturated heterocycles. The molecule has 2 nitrogen and oxygen atoms in total. The van der Waals surface area contributed by atoms with E-state index in [0.717, 1.165) is 16.9 Å². The molecule has 0 aliphatic heterocycles. The first kappa shape index (κ1) is 24.1. The molecule has 1 N–H and O–H groups in total. The van der Waals surface area contributed by atoms with E-state index in [0.29, 0.717) is 5.41 Å². The minimum Gasteiger partial charge on any atom is -0.382 e. The second-order valence-corrected chi connectivity index (χ2v) is 11.1. The molecule has 0 bridgehead atoms. The summed E-state index contributed by atoms with van der Waals surface area (Å²) < 4.78 is 1.23. The minimum absolute atomic E-state index is 0.148. The summed E-state index contributed by atoms with van der Waals surface area (Å²) in [4.78, 5) is 4.81. The molecule has 0 aliphatic carbocycles. The summed E-state index contributed by atoms with van der Waals surface area (Å²) >= 11 is 1.75. The van der Waals surface area contributed by atoms with Gasteiger partial charge in [0.15, 0.2) is 0 Å². The largest absolute Gasteiger partial charge is 0.382 e. The first-order chi connectivity index (χ1) is 14.0. The number of hydrogen-bond acceptors (Lipinski definition) is 3. The summed E-state index contributed by atoms with van der Waals surface area (Å²) in [6.07, 6.45) is 3.94. The van der Waals surface area contributed by atoms with E-state index in [2.05, 4.69) is 103 Å². The highest BCUT2D eigenvalue weighted by Gasteiger charge is 2.18. The third-order valence-electron chi connectivity index (χ3n) is 5.22. The van der Waals surface area contributed by atoms with Crippen molar-refractivity contribution in [2.45, 2.75) is 72.8 Å². The van der Waals surface area contributed by atoms with Gasteiger partial charge in [0.2, 0.25) is 0 Å². The number of para-hydroxylation sites is 1. The molecular formula is C27H38N2S. The average Bonchev–Trinajstić information content (AvgIpc) is 3.11. The minimum atomic E-state index is 0.148. The quantitative estimate of drug-likeness (QED) is 0.450. The Balaban J connectivity index is 0.000000469. The third kappa shape index (κ3) is 7.28. The van der Waals surface area contributed by atoms with E-state index < -0.39 is 0 Å². The van der Waals surface area contributed by atoms with E-state index in [9.17, 15) is 0 Å². The van der Waals surface area contributed by atoms with Crippen molar-refractivity contribution in [2.75, 3.05) is 0 Å². The van der Waals surface area contributed by atoms with Crippen LogP contribution in [0.1, 0.15) is 77.1 Å². The molecule has 2 aromatic carbocycles. The zero-order chi connectivity index (χ0) is 22.4. The second kappa shape index (κ2) is 10.3. The lowest BCUT2D eigenvalue weighted by molar-refractivity contribution is 0.398. The maximum absolute atomic E-state index is 4.81. The van der Waals surface area contributed by atoms with Crippen LogP contribution < -0.4 is 5.32 Å². The number of rotatable bonds is 5. The van der Waals surface area contributed by atoms with Gasteiger partial charge in [0, 0.05) is 0 Å². The zero-order valence-corrected chi connectivity index (χ0v) is 20.6. The first-order valence-electron chi connectivity index (χ1n) is 10.9. The molecule has 30 heavy (non-hydrogen) atoms. The Morgan fingerprint density at radius 2 is 1.70 bits per heavy atom. The maximum Gasteiger partial charge on any atom is 0.116 e. The molecule has 162 valence electrons. The van der Waals surface area contributed by atoms with Crippen LogP contribution in [0.25, 0.3) is 10.2 Å². The van der Waals surface area contributed by atoms with Crippen LogP contribution in [-0.4, -0.2) is 4.98 Å². The summed E-state index contributed by atoms with van der Waals surface area (Å²) in [5.41, 5.74) is 4.45. The van der Waals surface area contributed by atoms with Gasteiger partial charge in [-0.25, -0.2) is 4.98 Å². The van der Waals surface area contributed by atoms with E-state index in [-0.39, 0.29) is 11.5 Å². The Bertz CT molecular complexity index is 908. The Labute approximate surface area is 187 Å². The van der Waals surface area contributed by atoms with Crippen LogP contribution in [0.15, 0.2) is 61.3 Å². The second-order valence-electron chi connectivity index (χ2n) is 10.0. The molecule has 0 amide bonds. The molecule has 0 radical (unpaired) electrons. The molecule has 3 heteroatoms. The predicted molar refractivity (Wildman–Crippen MR) is 134 cm³/mol. The lowest BCUT2D eigenvalue weighted by Gasteiger charge is -2.21. The van der Waals surface area contributed by atoms with Gasteiger partial charge in [-0.05, 0) is 46.7 Å². The van der Waals surface area contributed by atoms with Crippen LogP contribution in [0.3, 0.4) is 0 Å². The number of nitrogens with zero attached hydrogens (tertiary/aromatic N) is 1. The fraction of sp³-hybridized carbons (Fsp3) is 0.444. The fourth-order valence-electron chi connectivity index (χ4n) is 2.80. The summed E-state index contributed by atoms with van der Waals surface area (Å²) in [6.45, 7) is 19.5. The van der Waals surface area contributed by atoms with E-state index in [1.54, 1.807) is 17.5 Å². The molecule has 1 heterocycles. The molecule has 1 unspecified atom stereocenters. The molecule has 1 atom stereocenters. The molecular weight excluding hydrogens is 384 g/mol. The Kier molecular flexibility index (Phi) is 8.25. The van der Waals surface area contributed by atoms with Gasteiger partial charge in [0.05, 0.1) is 16.3 Å². The fourth-order valence-corrected chi connectivity index (χ4v) is 3.83. The van der Waals surface area contributed by atoms with Crippen LogP contribution in [0.4, 0.5) is 0 Å². The topological polar surface area (TPSA) is 24.9 Å². The molecule has 3 rings (SSSR count). The Morgan fingerprint density at radius 1 is 1.03 bits per heavy atom. The van der Waals surface area contributed by atoms with Crippen LogP contribution >= 0.6 is 11.3 Å². The monoisotopic (exact) mass is 422 g/mol. The zero-order valence-electron chi connectivity index (χ0n) is 19.8. The summed E-state index contributed by atoms with van der Waals surface area (Å²) in [7, 11) is 0. The van der Waals surface area contributed by atoms with Crippen molar-refractivity contribution in [2.24, 2.45) is 5.41 Å². The van der Waals surface area contributed by atoms with Gasteiger partial charge in [-0.15, -0.1) is 11.3 Å². The van der Waals surface area contributed by atoms with Crippen LogP contribution in [0, 0.1) is 5.41 Å². The lowest BCUT2D eigenvalue weighted by atomic mass is 9.85. The summed E-state index contributed by atoms with van der Waals surface area (Å²) in [6, 6.07) is 17.3. The Morgan fingerprint density at radius 3 is 2.27 bits per heavy atom. The normalized spacial score (nSPS) is 12.8. The van der Waals surface area contributed by atoms with Gasteiger partial charge in [0.1, 0.15) is 5.01 Å². The predicted octanol–water partition coefficient (Wildman–Crippen LogP) is 8.05. The van der Waals surface area contributed by atoms with Crippen molar-refractivity contribution in [1.29, 1.82) is 0 Å². The summed E-state index contributed by atoms with van der Waals surface area (Å²) in [5, 5.41) is 4.49. The lowest BCUT2D eigenvalue weighted by Crippen LogP contribution is -2.18. The van der Waals surface area contributed by atoms with Gasteiger partial charge in [0.25, 0.3) is 0 Å². The van der Waals surface area contributed by atoms with Crippen molar-refractivity contribution in [1.82, 2.24) is 10.3 Å². The highest BCUT2D eigenvalue weighted by Crippen LogP contribution is 2.29. The van der Waals surface area contributed by atoms with Gasteiger partial charge in [-0.1, -0.05) is 97.9 Å². The highest BCUT2D eigenvalue weighted by molar-refractivity contribution is 7.18. The summed E-state index contributed by atoms with van der Waals surface area (Å²) in [5.74, 6) is 0. The van der Waals surface area contributed by atoms with Crippen LogP contribution in [-0.2, 0) is 11.8 Å². The van der Waals surface area contributed by atoms with E-state index in [4.69, 9.17) is 4.98 Å². The first-order valence-corrected chi connectivity index (χ1v) is 11.7. The maximum atomic E-state index is 4.81. The van der Waals surface area contributed by atoms with Gasteiger partial charge >= 0.3 is 0 Å². The number of fused-ring (bicyclic) bond motifs is 1. The molecule has 3 aromatic rings. The third-order valence-corrected chi connectivity index (χ3v) is 6.37. The van der Waals surface area contributed by atoms with Gasteiger partial charge < -0.3 is 5.32 Å². The van der Waals surface area contributed by atoms with E-state index >= 15 is 0 Å². The van der Waals surface area contributed by atoms with Crippen LogP contribution in [0.2, 0.25) is 0 Å². The van der Waals surface area contributed by atoms with Crippen LogP contribution in [0.5, 0.6) is 0 Å². The van der Waals surface area contributed by atoms with Crippen molar-refractivity contribution >= 4 is 21.6 Å². The van der Waals surface area contributed by atoms with Gasteiger partial charge in [-0.2, -0.15) is 0 Å². The molecule has 0 aliphatic rings. The van der Waals surface area contributed by atoms with Crippen molar-refractivity contribution in [3.05, 3.63) is 77.4 Å². The highest BCUT2D eigenvalue weighted by atomic mass is 32.1.